The molecule has 0 aliphatic heterocycles. The summed E-state index contributed by atoms with van der Waals surface area (Å²) < 4.78 is 12.6. The Bertz CT molecular complexity index is 1000. The topological polar surface area (TPSA) is 78.9 Å². The van der Waals surface area contributed by atoms with Gasteiger partial charge in [-0.1, -0.05) is 47.3 Å². The monoisotopic (exact) mass is 365 g/mol. The lowest BCUT2D eigenvalue weighted by Gasteiger charge is -2.04. The van der Waals surface area contributed by atoms with Crippen LogP contribution in [-0.4, -0.2) is 32.0 Å². The second-order valence-corrected chi connectivity index (χ2v) is 6.26. The lowest BCUT2D eigenvalue weighted by atomic mass is 10.2. The number of aromatic nitrogens is 5. The molecule has 2 heterocycles. The third-order valence-electron chi connectivity index (χ3n) is 3.69. The van der Waals surface area contributed by atoms with Crippen molar-refractivity contribution in [2.24, 2.45) is 0 Å². The van der Waals surface area contributed by atoms with E-state index in [1.54, 1.807) is 13.4 Å². The molecule has 0 bridgehead atoms. The standard InChI is InChI=1S/C18H15N5O2S/c1-24-15-10-6-5-9-14(15)17-20-16(25-22-17)11-26-18-21-19-12-23(18)13-7-3-2-4-8-13/h2-10,12H,11H2,1H3. The summed E-state index contributed by atoms with van der Waals surface area (Å²) in [5, 5.41) is 13.0. The predicted octanol–water partition coefficient (Wildman–Crippen LogP) is 3.62. The lowest BCUT2D eigenvalue weighted by molar-refractivity contribution is 0.390. The second-order valence-electron chi connectivity index (χ2n) is 5.32. The predicted molar refractivity (Wildman–Crippen MR) is 97.2 cm³/mol. The Morgan fingerprint density at radius 3 is 2.73 bits per heavy atom. The van der Waals surface area contributed by atoms with Gasteiger partial charge in [-0.3, -0.25) is 4.57 Å². The normalized spacial score (nSPS) is 10.8. The van der Waals surface area contributed by atoms with Crippen LogP contribution in [0, 0.1) is 0 Å². The minimum absolute atomic E-state index is 0.494. The molecule has 4 aromatic rings. The number of methoxy groups -OCH3 is 1. The smallest absolute Gasteiger partial charge is 0.237 e. The fourth-order valence-corrected chi connectivity index (χ4v) is 3.23. The summed E-state index contributed by atoms with van der Waals surface area (Å²) in [4.78, 5) is 4.45. The lowest BCUT2D eigenvalue weighted by Crippen LogP contribution is -1.95. The van der Waals surface area contributed by atoms with Gasteiger partial charge in [0.15, 0.2) is 5.16 Å². The molecule has 0 amide bonds. The number of ether oxygens (including phenoxy) is 1. The summed E-state index contributed by atoms with van der Waals surface area (Å²) in [6, 6.07) is 17.5. The van der Waals surface area contributed by atoms with Crippen molar-refractivity contribution in [3.8, 4) is 22.8 Å². The molecule has 0 spiro atoms. The highest BCUT2D eigenvalue weighted by molar-refractivity contribution is 7.98. The quantitative estimate of drug-likeness (QED) is 0.483. The van der Waals surface area contributed by atoms with Gasteiger partial charge in [-0.25, -0.2) is 0 Å². The highest BCUT2D eigenvalue weighted by Gasteiger charge is 2.14. The molecule has 130 valence electrons. The number of nitrogens with zero attached hydrogens (tertiary/aromatic N) is 5. The molecular formula is C18H15N5O2S. The van der Waals surface area contributed by atoms with Crippen LogP contribution in [0.25, 0.3) is 17.1 Å². The molecule has 7 nitrogen and oxygen atoms in total. The summed E-state index contributed by atoms with van der Waals surface area (Å²) in [6.07, 6.45) is 1.69. The molecule has 8 heteroatoms. The van der Waals surface area contributed by atoms with E-state index < -0.39 is 0 Å². The molecule has 0 aliphatic carbocycles. The highest BCUT2D eigenvalue weighted by Crippen LogP contribution is 2.28. The Kier molecular flexibility index (Phi) is 4.65. The molecule has 0 N–H and O–H groups in total. The maximum absolute atomic E-state index is 5.37. The van der Waals surface area contributed by atoms with Gasteiger partial charge in [0.1, 0.15) is 12.1 Å². The summed E-state index contributed by atoms with van der Waals surface area (Å²) in [6.45, 7) is 0. The van der Waals surface area contributed by atoms with Crippen LogP contribution in [0.5, 0.6) is 5.75 Å². The molecule has 0 saturated heterocycles. The molecule has 0 fully saturated rings. The van der Waals surface area contributed by atoms with Crippen LogP contribution >= 0.6 is 11.8 Å². The van der Waals surface area contributed by atoms with Crippen molar-refractivity contribution in [3.05, 3.63) is 66.8 Å². The third-order valence-corrected chi connectivity index (χ3v) is 4.62. The van der Waals surface area contributed by atoms with Gasteiger partial charge in [0.2, 0.25) is 11.7 Å². The van der Waals surface area contributed by atoms with Crippen molar-refractivity contribution in [2.45, 2.75) is 10.9 Å². The average molecular weight is 365 g/mol. The van der Waals surface area contributed by atoms with Gasteiger partial charge < -0.3 is 9.26 Å². The van der Waals surface area contributed by atoms with E-state index >= 15 is 0 Å². The molecule has 4 rings (SSSR count). The Labute approximate surface area is 154 Å². The highest BCUT2D eigenvalue weighted by atomic mass is 32.2. The van der Waals surface area contributed by atoms with Gasteiger partial charge >= 0.3 is 0 Å². The third kappa shape index (κ3) is 3.31. The molecule has 2 aromatic carbocycles. The van der Waals surface area contributed by atoms with E-state index in [2.05, 4.69) is 20.3 Å². The molecule has 0 saturated carbocycles. The van der Waals surface area contributed by atoms with E-state index in [4.69, 9.17) is 9.26 Å². The van der Waals surface area contributed by atoms with E-state index in [1.807, 2.05) is 59.2 Å². The minimum Gasteiger partial charge on any atom is -0.496 e. The molecule has 26 heavy (non-hydrogen) atoms. The molecule has 0 unspecified atom stereocenters. The van der Waals surface area contributed by atoms with E-state index in [-0.39, 0.29) is 0 Å². The van der Waals surface area contributed by atoms with Crippen LogP contribution in [0.2, 0.25) is 0 Å². The maximum atomic E-state index is 5.37. The van der Waals surface area contributed by atoms with Crippen LogP contribution in [-0.2, 0) is 5.75 Å². The number of hydrogen-bond donors (Lipinski definition) is 0. The Balaban J connectivity index is 1.51. The Morgan fingerprint density at radius 2 is 1.88 bits per heavy atom. The van der Waals surface area contributed by atoms with Crippen molar-refractivity contribution >= 4 is 11.8 Å². The van der Waals surface area contributed by atoms with Gasteiger partial charge in [-0.05, 0) is 24.3 Å². The zero-order valence-electron chi connectivity index (χ0n) is 13.9. The summed E-state index contributed by atoms with van der Waals surface area (Å²) >= 11 is 1.48. The molecular weight excluding hydrogens is 350 g/mol. The largest absolute Gasteiger partial charge is 0.496 e. The van der Waals surface area contributed by atoms with Gasteiger partial charge in [0.25, 0.3) is 0 Å². The first-order valence-electron chi connectivity index (χ1n) is 7.89. The fraction of sp³-hybridized carbons (Fsp3) is 0.111. The second kappa shape index (κ2) is 7.40. The van der Waals surface area contributed by atoms with Crippen LogP contribution in [0.15, 0.2) is 70.6 Å². The molecule has 2 aromatic heterocycles. The first-order chi connectivity index (χ1) is 12.8. The summed E-state index contributed by atoms with van der Waals surface area (Å²) in [5.74, 6) is 2.21. The first kappa shape index (κ1) is 16.3. The minimum atomic E-state index is 0.494. The van der Waals surface area contributed by atoms with Gasteiger partial charge in [-0.2, -0.15) is 4.98 Å². The zero-order valence-corrected chi connectivity index (χ0v) is 14.8. The number of hydrogen-bond acceptors (Lipinski definition) is 7. The number of thioether (sulfide) groups is 1. The van der Waals surface area contributed by atoms with Crippen molar-refractivity contribution in [3.63, 3.8) is 0 Å². The van der Waals surface area contributed by atoms with Gasteiger partial charge in [0.05, 0.1) is 18.4 Å². The maximum Gasteiger partial charge on any atom is 0.237 e. The van der Waals surface area contributed by atoms with Crippen LogP contribution in [0.4, 0.5) is 0 Å². The van der Waals surface area contributed by atoms with E-state index in [9.17, 15) is 0 Å². The summed E-state index contributed by atoms with van der Waals surface area (Å²) in [7, 11) is 1.62. The molecule has 0 radical (unpaired) electrons. The summed E-state index contributed by atoms with van der Waals surface area (Å²) in [5.41, 5.74) is 1.79. The Hall–Kier alpha value is -3.13. The van der Waals surface area contributed by atoms with Gasteiger partial charge in [-0.15, -0.1) is 10.2 Å². The average Bonchev–Trinajstić information content (AvgIpc) is 3.36. The van der Waals surface area contributed by atoms with E-state index in [1.165, 1.54) is 11.8 Å². The van der Waals surface area contributed by atoms with Crippen LogP contribution in [0.3, 0.4) is 0 Å². The van der Waals surface area contributed by atoms with Gasteiger partial charge in [0, 0.05) is 5.69 Å². The SMILES string of the molecule is COc1ccccc1-c1noc(CSc2nncn2-c2ccccc2)n1. The van der Waals surface area contributed by atoms with Crippen LogP contribution in [0.1, 0.15) is 5.89 Å². The number of para-hydroxylation sites is 2. The first-order valence-corrected chi connectivity index (χ1v) is 8.88. The number of benzene rings is 2. The van der Waals surface area contributed by atoms with E-state index in [0.717, 1.165) is 16.4 Å². The molecule has 0 aliphatic rings. The van der Waals surface area contributed by atoms with Crippen molar-refractivity contribution in [1.82, 2.24) is 24.9 Å². The van der Waals surface area contributed by atoms with Crippen LogP contribution < -0.4 is 4.74 Å². The van der Waals surface area contributed by atoms with Crippen molar-refractivity contribution < 1.29 is 9.26 Å². The van der Waals surface area contributed by atoms with Crippen molar-refractivity contribution in [2.75, 3.05) is 7.11 Å². The molecule has 0 atom stereocenters. The van der Waals surface area contributed by atoms with Crippen molar-refractivity contribution in [1.29, 1.82) is 0 Å². The zero-order chi connectivity index (χ0) is 17.8. The van der Waals surface area contributed by atoms with E-state index in [0.29, 0.717) is 23.2 Å². The number of rotatable bonds is 6. The Morgan fingerprint density at radius 1 is 1.08 bits per heavy atom. The fourth-order valence-electron chi connectivity index (χ4n) is 2.47.